The van der Waals surface area contributed by atoms with Gasteiger partial charge >= 0.3 is 12.0 Å². The number of carbonyl (C=O) groups is 2. The third kappa shape index (κ3) is 3.35. The van der Waals surface area contributed by atoms with Gasteiger partial charge in [0.15, 0.2) is 0 Å². The molecule has 2 amide bonds. The highest BCUT2D eigenvalue weighted by Gasteiger charge is 2.36. The van der Waals surface area contributed by atoms with Gasteiger partial charge in [-0.3, -0.25) is 0 Å². The fraction of sp³-hybridized carbons (Fsp3) is 0.833. The van der Waals surface area contributed by atoms with Crippen LogP contribution in [0.25, 0.3) is 0 Å². The molecule has 6 heteroatoms. The molecule has 0 aromatic heterocycles. The lowest BCUT2D eigenvalue weighted by atomic mass is 10.0. The van der Waals surface area contributed by atoms with Gasteiger partial charge in [0.05, 0.1) is 0 Å². The Morgan fingerprint density at radius 3 is 2.56 bits per heavy atom. The number of carbonyl (C=O) groups excluding carboxylic acids is 1. The number of likely N-dealkylation sites (N-methyl/N-ethyl adjacent to an activating group) is 2. The van der Waals surface area contributed by atoms with Crippen molar-refractivity contribution >= 4 is 12.0 Å². The fourth-order valence-electron chi connectivity index (χ4n) is 1.95. The van der Waals surface area contributed by atoms with E-state index in [0.717, 1.165) is 25.9 Å². The van der Waals surface area contributed by atoms with E-state index in [1.54, 1.807) is 0 Å². The zero-order chi connectivity index (χ0) is 13.9. The van der Waals surface area contributed by atoms with Crippen LogP contribution in [0, 0.1) is 0 Å². The maximum absolute atomic E-state index is 12.0. The largest absolute Gasteiger partial charge is 0.480 e. The SMILES string of the molecule is CN1CCCC(NC(=O)N(C)C(C)(C)C(=O)O)C1. The maximum Gasteiger partial charge on any atom is 0.329 e. The Kier molecular flexibility index (Phi) is 4.56. The molecule has 0 aromatic carbocycles. The van der Waals surface area contributed by atoms with Crippen LogP contribution < -0.4 is 5.32 Å². The van der Waals surface area contributed by atoms with Gasteiger partial charge in [-0.2, -0.15) is 0 Å². The molecular weight excluding hydrogens is 234 g/mol. The summed E-state index contributed by atoms with van der Waals surface area (Å²) in [4.78, 5) is 26.5. The molecule has 1 aliphatic rings. The lowest BCUT2D eigenvalue weighted by Crippen LogP contribution is -2.57. The van der Waals surface area contributed by atoms with Crippen molar-refractivity contribution in [1.82, 2.24) is 15.1 Å². The molecule has 2 N–H and O–H groups in total. The van der Waals surface area contributed by atoms with Crippen LogP contribution in [0.2, 0.25) is 0 Å². The molecule has 6 nitrogen and oxygen atoms in total. The number of nitrogens with one attached hydrogen (secondary N) is 1. The Morgan fingerprint density at radius 1 is 1.44 bits per heavy atom. The van der Waals surface area contributed by atoms with Gasteiger partial charge < -0.3 is 20.2 Å². The van der Waals surface area contributed by atoms with E-state index in [1.165, 1.54) is 25.8 Å². The van der Waals surface area contributed by atoms with Crippen LogP contribution in [-0.4, -0.2) is 65.7 Å². The molecule has 1 atom stereocenters. The summed E-state index contributed by atoms with van der Waals surface area (Å²) in [5, 5.41) is 12.0. The van der Waals surface area contributed by atoms with Crippen LogP contribution in [0.5, 0.6) is 0 Å². The first-order valence-electron chi connectivity index (χ1n) is 6.21. The molecule has 1 heterocycles. The molecule has 104 valence electrons. The summed E-state index contributed by atoms with van der Waals surface area (Å²) in [7, 11) is 3.53. The molecule has 0 aromatic rings. The first kappa shape index (κ1) is 14.8. The van der Waals surface area contributed by atoms with Gasteiger partial charge in [-0.05, 0) is 40.3 Å². The zero-order valence-corrected chi connectivity index (χ0v) is 11.6. The number of carboxylic acid groups (broad SMARTS) is 1. The summed E-state index contributed by atoms with van der Waals surface area (Å²) >= 11 is 0. The number of amides is 2. The first-order valence-corrected chi connectivity index (χ1v) is 6.21. The number of rotatable bonds is 3. The van der Waals surface area contributed by atoms with Gasteiger partial charge in [-0.15, -0.1) is 0 Å². The van der Waals surface area contributed by atoms with Crippen molar-refractivity contribution in [3.63, 3.8) is 0 Å². The van der Waals surface area contributed by atoms with Crippen molar-refractivity contribution in [2.75, 3.05) is 27.2 Å². The molecule has 18 heavy (non-hydrogen) atoms. The highest BCUT2D eigenvalue weighted by molar-refractivity contribution is 5.85. The van der Waals surface area contributed by atoms with E-state index in [0.29, 0.717) is 0 Å². The lowest BCUT2D eigenvalue weighted by Gasteiger charge is -2.35. The van der Waals surface area contributed by atoms with E-state index in [-0.39, 0.29) is 12.1 Å². The Morgan fingerprint density at radius 2 is 2.06 bits per heavy atom. The van der Waals surface area contributed by atoms with E-state index < -0.39 is 11.5 Å². The first-order chi connectivity index (χ1) is 8.25. The van der Waals surface area contributed by atoms with Crippen molar-refractivity contribution in [3.8, 4) is 0 Å². The molecule has 1 saturated heterocycles. The molecule has 1 fully saturated rings. The number of carboxylic acids is 1. The summed E-state index contributed by atoms with van der Waals surface area (Å²) < 4.78 is 0. The summed E-state index contributed by atoms with van der Waals surface area (Å²) in [6, 6.07) is -0.231. The van der Waals surface area contributed by atoms with Gasteiger partial charge in [0.25, 0.3) is 0 Å². The number of urea groups is 1. The van der Waals surface area contributed by atoms with Crippen LogP contribution in [0.1, 0.15) is 26.7 Å². The summed E-state index contributed by atoms with van der Waals surface area (Å²) in [6.07, 6.45) is 1.99. The molecular formula is C12H23N3O3. The maximum atomic E-state index is 12.0. The summed E-state index contributed by atoms with van der Waals surface area (Å²) in [5.74, 6) is -1.01. The number of hydrogen-bond acceptors (Lipinski definition) is 3. The normalized spacial score (nSPS) is 21.4. The number of aliphatic carboxylic acids is 1. The molecule has 0 aliphatic carbocycles. The molecule has 0 saturated carbocycles. The third-order valence-electron chi connectivity index (χ3n) is 3.62. The Bertz CT molecular complexity index is 331. The third-order valence-corrected chi connectivity index (χ3v) is 3.62. The lowest BCUT2D eigenvalue weighted by molar-refractivity contribution is -0.146. The van der Waals surface area contributed by atoms with Crippen LogP contribution >= 0.6 is 0 Å². The average Bonchev–Trinajstić information content (AvgIpc) is 2.27. The van der Waals surface area contributed by atoms with Gasteiger partial charge in [0, 0.05) is 19.6 Å². The highest BCUT2D eigenvalue weighted by Crippen LogP contribution is 2.14. The van der Waals surface area contributed by atoms with Crippen molar-refractivity contribution in [3.05, 3.63) is 0 Å². The standard InChI is InChI=1S/C12H23N3O3/c1-12(2,10(16)17)15(4)11(18)13-9-6-5-7-14(3)8-9/h9H,5-8H2,1-4H3,(H,13,18)(H,16,17). The van der Waals surface area contributed by atoms with Gasteiger partial charge in [0.2, 0.25) is 0 Å². The second-order valence-corrected chi connectivity index (χ2v) is 5.47. The minimum absolute atomic E-state index is 0.100. The predicted molar refractivity (Wildman–Crippen MR) is 68.5 cm³/mol. The van der Waals surface area contributed by atoms with Gasteiger partial charge in [-0.25, -0.2) is 9.59 Å². The number of nitrogens with zero attached hydrogens (tertiary/aromatic N) is 2. The number of hydrogen-bond donors (Lipinski definition) is 2. The van der Waals surface area contributed by atoms with Crippen molar-refractivity contribution in [2.45, 2.75) is 38.3 Å². The minimum atomic E-state index is -1.20. The Labute approximate surface area is 108 Å². The Hall–Kier alpha value is -1.30. The molecule has 0 spiro atoms. The highest BCUT2D eigenvalue weighted by atomic mass is 16.4. The van der Waals surface area contributed by atoms with Crippen LogP contribution in [0.4, 0.5) is 4.79 Å². The second-order valence-electron chi connectivity index (χ2n) is 5.47. The number of likely N-dealkylation sites (tertiary alicyclic amines) is 1. The summed E-state index contributed by atoms with van der Waals surface area (Å²) in [6.45, 7) is 4.89. The number of piperidine rings is 1. The van der Waals surface area contributed by atoms with E-state index in [4.69, 9.17) is 5.11 Å². The van der Waals surface area contributed by atoms with Gasteiger partial charge in [0.1, 0.15) is 5.54 Å². The second kappa shape index (κ2) is 5.56. The van der Waals surface area contributed by atoms with Crippen molar-refractivity contribution in [1.29, 1.82) is 0 Å². The van der Waals surface area contributed by atoms with E-state index in [2.05, 4.69) is 10.2 Å². The quantitative estimate of drug-likeness (QED) is 0.776. The van der Waals surface area contributed by atoms with E-state index in [9.17, 15) is 9.59 Å². The van der Waals surface area contributed by atoms with Crippen molar-refractivity contribution in [2.24, 2.45) is 0 Å². The minimum Gasteiger partial charge on any atom is -0.480 e. The fourth-order valence-corrected chi connectivity index (χ4v) is 1.95. The zero-order valence-electron chi connectivity index (χ0n) is 11.6. The predicted octanol–water partition coefficient (Wildman–Crippen LogP) is 0.585. The summed E-state index contributed by atoms with van der Waals surface area (Å²) in [5.41, 5.74) is -1.20. The molecule has 1 aliphatic heterocycles. The van der Waals surface area contributed by atoms with Crippen LogP contribution in [-0.2, 0) is 4.79 Å². The van der Waals surface area contributed by atoms with Crippen LogP contribution in [0.15, 0.2) is 0 Å². The van der Waals surface area contributed by atoms with Crippen LogP contribution in [0.3, 0.4) is 0 Å². The molecule has 1 rings (SSSR count). The van der Waals surface area contributed by atoms with Crippen molar-refractivity contribution < 1.29 is 14.7 Å². The smallest absolute Gasteiger partial charge is 0.329 e. The Balaban J connectivity index is 2.57. The van der Waals surface area contributed by atoms with E-state index >= 15 is 0 Å². The molecule has 1 unspecified atom stereocenters. The average molecular weight is 257 g/mol. The molecule has 0 bridgehead atoms. The topological polar surface area (TPSA) is 72.9 Å². The molecule has 0 radical (unpaired) electrons. The van der Waals surface area contributed by atoms with Gasteiger partial charge in [-0.1, -0.05) is 0 Å². The monoisotopic (exact) mass is 257 g/mol. The van der Waals surface area contributed by atoms with E-state index in [1.807, 2.05) is 7.05 Å².